The molecule has 0 saturated carbocycles. The molecule has 1 amide bonds. The number of hydrogen-bond acceptors (Lipinski definition) is 3. The van der Waals surface area contributed by atoms with E-state index in [0.717, 1.165) is 18.5 Å². The first-order valence-corrected chi connectivity index (χ1v) is 5.40. The quantitative estimate of drug-likeness (QED) is 0.635. The Bertz CT molecular complexity index is 353. The number of benzene rings is 1. The second-order valence-electron chi connectivity index (χ2n) is 3.84. The molecule has 0 radical (unpaired) electrons. The van der Waals surface area contributed by atoms with Gasteiger partial charge in [-0.1, -0.05) is 12.1 Å². The first-order chi connectivity index (χ1) is 7.59. The van der Waals surface area contributed by atoms with Crippen LogP contribution < -0.4 is 11.1 Å². The molecule has 4 heteroatoms. The number of hydrogen-bond donors (Lipinski definition) is 3. The summed E-state index contributed by atoms with van der Waals surface area (Å²) in [5.41, 5.74) is 6.07. The summed E-state index contributed by atoms with van der Waals surface area (Å²) in [4.78, 5) is 10.5. The third kappa shape index (κ3) is 4.31. The minimum absolute atomic E-state index is 0.153. The predicted molar refractivity (Wildman–Crippen MR) is 63.0 cm³/mol. The third-order valence-corrected chi connectivity index (χ3v) is 2.42. The zero-order valence-corrected chi connectivity index (χ0v) is 9.44. The zero-order chi connectivity index (χ0) is 12.0. The van der Waals surface area contributed by atoms with Crippen LogP contribution >= 0.6 is 0 Å². The first kappa shape index (κ1) is 12.5. The molecule has 88 valence electrons. The summed E-state index contributed by atoms with van der Waals surface area (Å²) in [5, 5.41) is 12.6. The Morgan fingerprint density at radius 2 is 2.31 bits per heavy atom. The van der Waals surface area contributed by atoms with Gasteiger partial charge < -0.3 is 16.2 Å². The maximum atomic E-state index is 10.5. The van der Waals surface area contributed by atoms with E-state index in [0.29, 0.717) is 6.42 Å². The topological polar surface area (TPSA) is 75.3 Å². The van der Waals surface area contributed by atoms with Crippen molar-refractivity contribution in [2.75, 3.05) is 6.54 Å². The van der Waals surface area contributed by atoms with Crippen molar-refractivity contribution in [1.29, 1.82) is 0 Å². The number of nitrogens with two attached hydrogens (primary N) is 1. The number of aromatic hydroxyl groups is 1. The summed E-state index contributed by atoms with van der Waals surface area (Å²) in [7, 11) is 0. The monoisotopic (exact) mass is 222 g/mol. The van der Waals surface area contributed by atoms with Crippen LogP contribution in [0.3, 0.4) is 0 Å². The second kappa shape index (κ2) is 6.12. The van der Waals surface area contributed by atoms with Gasteiger partial charge in [-0.2, -0.15) is 0 Å². The van der Waals surface area contributed by atoms with Crippen molar-refractivity contribution in [3.63, 3.8) is 0 Å². The molecular weight excluding hydrogens is 204 g/mol. The molecule has 0 saturated heterocycles. The van der Waals surface area contributed by atoms with Crippen molar-refractivity contribution in [2.45, 2.75) is 25.8 Å². The molecule has 0 heterocycles. The summed E-state index contributed by atoms with van der Waals surface area (Å²) in [5.74, 6) is -0.00454. The molecule has 4 N–H and O–H groups in total. The van der Waals surface area contributed by atoms with Crippen LogP contribution in [-0.2, 0) is 4.79 Å². The van der Waals surface area contributed by atoms with E-state index in [1.165, 1.54) is 0 Å². The lowest BCUT2D eigenvalue weighted by Gasteiger charge is -2.14. The van der Waals surface area contributed by atoms with E-state index in [9.17, 15) is 9.90 Å². The van der Waals surface area contributed by atoms with E-state index in [4.69, 9.17) is 5.73 Å². The highest BCUT2D eigenvalue weighted by Gasteiger charge is 2.04. The SMILES string of the molecule is CC(NCCCC(N)=O)c1cccc(O)c1. The van der Waals surface area contributed by atoms with Crippen LogP contribution in [0.15, 0.2) is 24.3 Å². The normalized spacial score (nSPS) is 12.3. The Morgan fingerprint density at radius 1 is 1.56 bits per heavy atom. The fourth-order valence-electron chi connectivity index (χ4n) is 1.49. The summed E-state index contributed by atoms with van der Waals surface area (Å²) < 4.78 is 0. The highest BCUT2D eigenvalue weighted by Crippen LogP contribution is 2.17. The molecule has 1 aromatic carbocycles. The van der Waals surface area contributed by atoms with Crippen LogP contribution in [0.2, 0.25) is 0 Å². The number of nitrogens with one attached hydrogen (secondary N) is 1. The predicted octanol–water partition coefficient (Wildman–Crippen LogP) is 1.31. The number of carbonyl (C=O) groups excluding carboxylic acids is 1. The Hall–Kier alpha value is -1.55. The molecule has 0 fully saturated rings. The summed E-state index contributed by atoms with van der Waals surface area (Å²) in [6.45, 7) is 2.75. The number of phenolic OH excluding ortho intramolecular Hbond substituents is 1. The zero-order valence-electron chi connectivity index (χ0n) is 9.44. The second-order valence-corrected chi connectivity index (χ2v) is 3.84. The van der Waals surface area contributed by atoms with Gasteiger partial charge in [-0.15, -0.1) is 0 Å². The number of amides is 1. The van der Waals surface area contributed by atoms with Crippen LogP contribution in [0, 0.1) is 0 Å². The molecule has 1 rings (SSSR count). The van der Waals surface area contributed by atoms with Crippen molar-refractivity contribution >= 4 is 5.91 Å². The van der Waals surface area contributed by atoms with Crippen molar-refractivity contribution in [3.05, 3.63) is 29.8 Å². The molecule has 1 unspecified atom stereocenters. The number of rotatable bonds is 6. The molecular formula is C12H18N2O2. The van der Waals surface area contributed by atoms with E-state index in [1.807, 2.05) is 19.1 Å². The lowest BCUT2D eigenvalue weighted by atomic mass is 10.1. The summed E-state index contributed by atoms with van der Waals surface area (Å²) >= 11 is 0. The van der Waals surface area contributed by atoms with E-state index in [-0.39, 0.29) is 17.7 Å². The van der Waals surface area contributed by atoms with Gasteiger partial charge in [0.1, 0.15) is 5.75 Å². The van der Waals surface area contributed by atoms with Crippen molar-refractivity contribution in [3.8, 4) is 5.75 Å². The van der Waals surface area contributed by atoms with Gasteiger partial charge >= 0.3 is 0 Å². The van der Waals surface area contributed by atoms with Crippen LogP contribution in [0.5, 0.6) is 5.75 Å². The fourth-order valence-corrected chi connectivity index (χ4v) is 1.49. The van der Waals surface area contributed by atoms with Crippen LogP contribution in [-0.4, -0.2) is 17.6 Å². The molecule has 1 atom stereocenters. The average Bonchev–Trinajstić information content (AvgIpc) is 2.24. The highest BCUT2D eigenvalue weighted by atomic mass is 16.3. The Kier molecular flexibility index (Phi) is 4.79. The van der Waals surface area contributed by atoms with Crippen LogP contribution in [0.25, 0.3) is 0 Å². The van der Waals surface area contributed by atoms with Gasteiger partial charge in [0.05, 0.1) is 0 Å². The largest absolute Gasteiger partial charge is 0.508 e. The van der Waals surface area contributed by atoms with Crippen LogP contribution in [0.4, 0.5) is 0 Å². The fraction of sp³-hybridized carbons (Fsp3) is 0.417. The van der Waals surface area contributed by atoms with Crippen molar-refractivity contribution < 1.29 is 9.90 Å². The Balaban J connectivity index is 2.35. The molecule has 0 bridgehead atoms. The number of carbonyl (C=O) groups is 1. The van der Waals surface area contributed by atoms with Gasteiger partial charge in [0, 0.05) is 12.5 Å². The van der Waals surface area contributed by atoms with Crippen molar-refractivity contribution in [1.82, 2.24) is 5.32 Å². The van der Waals surface area contributed by atoms with Crippen LogP contribution in [0.1, 0.15) is 31.4 Å². The van der Waals surface area contributed by atoms with Gasteiger partial charge in [0.25, 0.3) is 0 Å². The average molecular weight is 222 g/mol. The van der Waals surface area contributed by atoms with E-state index < -0.39 is 0 Å². The third-order valence-electron chi connectivity index (χ3n) is 2.42. The highest BCUT2D eigenvalue weighted by molar-refractivity contribution is 5.73. The summed E-state index contributed by atoms with van der Waals surface area (Å²) in [6, 6.07) is 7.28. The van der Waals surface area contributed by atoms with Gasteiger partial charge in [0.15, 0.2) is 0 Å². The van der Waals surface area contributed by atoms with Crippen molar-refractivity contribution in [2.24, 2.45) is 5.73 Å². The molecule has 0 spiro atoms. The lowest BCUT2D eigenvalue weighted by molar-refractivity contribution is -0.118. The lowest BCUT2D eigenvalue weighted by Crippen LogP contribution is -2.21. The molecule has 4 nitrogen and oxygen atoms in total. The Labute approximate surface area is 95.5 Å². The standard InChI is InChI=1S/C12H18N2O2/c1-9(14-7-3-6-12(13)16)10-4-2-5-11(15)8-10/h2,4-5,8-9,14-15H,3,6-7H2,1H3,(H2,13,16). The minimum Gasteiger partial charge on any atom is -0.508 e. The molecule has 0 aliphatic rings. The van der Waals surface area contributed by atoms with E-state index >= 15 is 0 Å². The Morgan fingerprint density at radius 3 is 2.94 bits per heavy atom. The van der Waals surface area contributed by atoms with E-state index in [1.54, 1.807) is 12.1 Å². The number of phenols is 1. The molecule has 0 aromatic heterocycles. The number of primary amides is 1. The maximum Gasteiger partial charge on any atom is 0.217 e. The minimum atomic E-state index is -0.271. The van der Waals surface area contributed by atoms with Gasteiger partial charge in [-0.25, -0.2) is 0 Å². The van der Waals surface area contributed by atoms with E-state index in [2.05, 4.69) is 5.32 Å². The maximum absolute atomic E-state index is 10.5. The molecule has 16 heavy (non-hydrogen) atoms. The summed E-state index contributed by atoms with van der Waals surface area (Å²) in [6.07, 6.45) is 1.14. The molecule has 0 aliphatic heterocycles. The first-order valence-electron chi connectivity index (χ1n) is 5.40. The van der Waals surface area contributed by atoms with Gasteiger partial charge in [-0.3, -0.25) is 4.79 Å². The smallest absolute Gasteiger partial charge is 0.217 e. The molecule has 0 aliphatic carbocycles. The van der Waals surface area contributed by atoms with Gasteiger partial charge in [0.2, 0.25) is 5.91 Å². The van der Waals surface area contributed by atoms with Gasteiger partial charge in [-0.05, 0) is 37.6 Å². The molecule has 1 aromatic rings.